The van der Waals surface area contributed by atoms with E-state index in [4.69, 9.17) is 23.2 Å². The molecule has 1 aromatic heterocycles. The molecular weight excluding hydrogens is 386 g/mol. The van der Waals surface area contributed by atoms with Crippen LogP contribution in [0.1, 0.15) is 0 Å². The molecular formula is C13H11Cl2FN2O3S2. The number of likely N-dealkylation sites (N-methyl/N-ethyl adjacent to an activating group) is 1. The first-order valence-electron chi connectivity index (χ1n) is 6.17. The molecule has 0 aliphatic rings. The number of anilines is 1. The number of carbonyl (C=O) groups excluding carboxylic acids is 1. The van der Waals surface area contributed by atoms with Crippen molar-refractivity contribution in [3.8, 4) is 0 Å². The lowest BCUT2D eigenvalue weighted by Crippen LogP contribution is -2.34. The maximum absolute atomic E-state index is 13.6. The number of nitrogens with one attached hydrogen (secondary N) is 1. The lowest BCUT2D eigenvalue weighted by Gasteiger charge is -2.15. The van der Waals surface area contributed by atoms with Crippen LogP contribution in [0.2, 0.25) is 9.36 Å². The van der Waals surface area contributed by atoms with Crippen LogP contribution in [0, 0.1) is 5.82 Å². The molecule has 0 saturated heterocycles. The Kier molecular flexibility index (Phi) is 5.64. The number of thiophene rings is 1. The average Bonchev–Trinajstić information content (AvgIpc) is 2.89. The zero-order valence-electron chi connectivity index (χ0n) is 11.7. The summed E-state index contributed by atoms with van der Waals surface area (Å²) in [5.41, 5.74) is -0.0793. The maximum atomic E-state index is 13.6. The number of nitrogens with zero attached hydrogens (tertiary/aromatic N) is 1. The Bertz CT molecular complexity index is 839. The van der Waals surface area contributed by atoms with E-state index in [1.54, 1.807) is 0 Å². The number of sulfonamides is 1. The predicted molar refractivity (Wildman–Crippen MR) is 89.2 cm³/mol. The van der Waals surface area contributed by atoms with Gasteiger partial charge in [0, 0.05) is 12.1 Å². The van der Waals surface area contributed by atoms with E-state index in [2.05, 4.69) is 5.32 Å². The number of benzene rings is 1. The summed E-state index contributed by atoms with van der Waals surface area (Å²) in [5, 5.41) is 2.49. The van der Waals surface area contributed by atoms with Gasteiger partial charge in [-0.25, -0.2) is 12.8 Å². The molecule has 1 aromatic carbocycles. The van der Waals surface area contributed by atoms with Crippen molar-refractivity contribution < 1.29 is 17.6 Å². The van der Waals surface area contributed by atoms with E-state index < -0.39 is 28.3 Å². The molecule has 0 fully saturated rings. The van der Waals surface area contributed by atoms with E-state index in [0.29, 0.717) is 4.34 Å². The number of amides is 1. The smallest absolute Gasteiger partial charge is 0.252 e. The van der Waals surface area contributed by atoms with Gasteiger partial charge in [-0.2, -0.15) is 4.31 Å². The van der Waals surface area contributed by atoms with Crippen LogP contribution in [-0.4, -0.2) is 32.2 Å². The minimum atomic E-state index is -3.83. The van der Waals surface area contributed by atoms with Crippen molar-refractivity contribution in [2.75, 3.05) is 18.9 Å². The molecule has 23 heavy (non-hydrogen) atoms. The van der Waals surface area contributed by atoms with Crippen molar-refractivity contribution in [3.05, 3.63) is 45.5 Å². The van der Waals surface area contributed by atoms with Crippen molar-refractivity contribution in [1.82, 2.24) is 4.31 Å². The van der Waals surface area contributed by atoms with Gasteiger partial charge in [-0.3, -0.25) is 4.79 Å². The monoisotopic (exact) mass is 396 g/mol. The molecule has 124 valence electrons. The Labute approximate surface area is 146 Å². The van der Waals surface area contributed by atoms with Gasteiger partial charge in [0.1, 0.15) is 10.0 Å². The van der Waals surface area contributed by atoms with Crippen LogP contribution in [0.5, 0.6) is 0 Å². The summed E-state index contributed by atoms with van der Waals surface area (Å²) in [6.45, 7) is -0.472. The zero-order valence-corrected chi connectivity index (χ0v) is 14.9. The molecule has 0 atom stereocenters. The first-order chi connectivity index (χ1) is 10.7. The first kappa shape index (κ1) is 18.2. The van der Waals surface area contributed by atoms with Crippen molar-refractivity contribution in [2.24, 2.45) is 0 Å². The quantitative estimate of drug-likeness (QED) is 0.841. The van der Waals surface area contributed by atoms with Gasteiger partial charge in [-0.05, 0) is 30.3 Å². The van der Waals surface area contributed by atoms with E-state index in [1.807, 2.05) is 0 Å². The highest BCUT2D eigenvalue weighted by molar-refractivity contribution is 7.91. The fourth-order valence-corrected chi connectivity index (χ4v) is 4.64. The second-order valence-corrected chi connectivity index (χ2v) is 8.92. The van der Waals surface area contributed by atoms with Gasteiger partial charge in [-0.15, -0.1) is 11.3 Å². The SMILES string of the molecule is CN(CC(=O)Nc1ccc(Cl)cc1F)S(=O)(=O)c1ccc(Cl)s1. The van der Waals surface area contributed by atoms with E-state index in [1.165, 1.54) is 31.3 Å². The third kappa shape index (κ3) is 4.42. The maximum Gasteiger partial charge on any atom is 0.252 e. The lowest BCUT2D eigenvalue weighted by atomic mass is 10.3. The molecule has 2 rings (SSSR count). The van der Waals surface area contributed by atoms with Gasteiger partial charge >= 0.3 is 0 Å². The van der Waals surface area contributed by atoms with E-state index in [-0.39, 0.29) is 14.9 Å². The summed E-state index contributed by atoms with van der Waals surface area (Å²) >= 11 is 12.2. The standard InChI is InChI=1S/C13H11Cl2FN2O3S2/c1-18(23(20,21)13-5-4-11(15)22-13)7-12(19)17-10-3-2-8(14)6-9(10)16/h2-6H,7H2,1H3,(H,17,19). The molecule has 0 bridgehead atoms. The zero-order chi connectivity index (χ0) is 17.2. The largest absolute Gasteiger partial charge is 0.322 e. The fraction of sp³-hybridized carbons (Fsp3) is 0.154. The Hall–Kier alpha value is -1.19. The van der Waals surface area contributed by atoms with Crippen molar-refractivity contribution in [2.45, 2.75) is 4.21 Å². The first-order valence-corrected chi connectivity index (χ1v) is 9.18. The van der Waals surface area contributed by atoms with Gasteiger partial charge in [0.15, 0.2) is 0 Å². The fourth-order valence-electron chi connectivity index (χ4n) is 1.66. The van der Waals surface area contributed by atoms with Gasteiger partial charge < -0.3 is 5.32 Å². The summed E-state index contributed by atoms with van der Waals surface area (Å²) in [6, 6.07) is 6.56. The number of rotatable bonds is 5. The minimum Gasteiger partial charge on any atom is -0.322 e. The van der Waals surface area contributed by atoms with Crippen molar-refractivity contribution in [1.29, 1.82) is 0 Å². The molecule has 1 N–H and O–H groups in total. The highest BCUT2D eigenvalue weighted by Crippen LogP contribution is 2.27. The molecule has 1 heterocycles. The lowest BCUT2D eigenvalue weighted by molar-refractivity contribution is -0.116. The molecule has 1 amide bonds. The van der Waals surface area contributed by atoms with Crippen LogP contribution < -0.4 is 5.32 Å². The van der Waals surface area contributed by atoms with E-state index in [9.17, 15) is 17.6 Å². The van der Waals surface area contributed by atoms with E-state index >= 15 is 0 Å². The highest BCUT2D eigenvalue weighted by atomic mass is 35.5. The number of hydrogen-bond acceptors (Lipinski definition) is 4. The number of halogens is 3. The van der Waals surface area contributed by atoms with Crippen LogP contribution in [0.4, 0.5) is 10.1 Å². The molecule has 0 aliphatic carbocycles. The van der Waals surface area contributed by atoms with Gasteiger partial charge in [0.25, 0.3) is 10.0 Å². The Morgan fingerprint density at radius 1 is 1.30 bits per heavy atom. The van der Waals surface area contributed by atoms with Crippen LogP contribution >= 0.6 is 34.5 Å². The van der Waals surface area contributed by atoms with Crippen LogP contribution in [0.3, 0.4) is 0 Å². The summed E-state index contributed by atoms with van der Waals surface area (Å²) in [4.78, 5) is 11.9. The summed E-state index contributed by atoms with van der Waals surface area (Å²) < 4.78 is 39.3. The van der Waals surface area contributed by atoms with Crippen molar-refractivity contribution >= 4 is 56.2 Å². The Morgan fingerprint density at radius 3 is 2.57 bits per heavy atom. The predicted octanol–water partition coefficient (Wildman–Crippen LogP) is 3.45. The molecule has 0 radical (unpaired) electrons. The second-order valence-electron chi connectivity index (χ2n) is 4.49. The second kappa shape index (κ2) is 7.14. The molecule has 0 spiro atoms. The van der Waals surface area contributed by atoms with Crippen LogP contribution in [0.15, 0.2) is 34.5 Å². The van der Waals surface area contributed by atoms with Crippen LogP contribution in [0.25, 0.3) is 0 Å². The van der Waals surface area contributed by atoms with Gasteiger partial charge in [0.2, 0.25) is 5.91 Å². The Morgan fingerprint density at radius 2 is 2.00 bits per heavy atom. The van der Waals surface area contributed by atoms with Crippen molar-refractivity contribution in [3.63, 3.8) is 0 Å². The van der Waals surface area contributed by atoms with Gasteiger partial charge in [0.05, 0.1) is 16.6 Å². The number of carbonyl (C=O) groups is 1. The highest BCUT2D eigenvalue weighted by Gasteiger charge is 2.25. The summed E-state index contributed by atoms with van der Waals surface area (Å²) in [5.74, 6) is -1.39. The molecule has 10 heteroatoms. The normalized spacial score (nSPS) is 11.7. The van der Waals surface area contributed by atoms with Crippen LogP contribution in [-0.2, 0) is 14.8 Å². The number of hydrogen-bond donors (Lipinski definition) is 1. The third-order valence-electron chi connectivity index (χ3n) is 2.78. The molecule has 0 saturated carbocycles. The average molecular weight is 397 g/mol. The topological polar surface area (TPSA) is 66.5 Å². The Balaban J connectivity index is 2.07. The summed E-state index contributed by atoms with van der Waals surface area (Å²) in [7, 11) is -2.58. The molecule has 0 aliphatic heterocycles. The molecule has 0 unspecified atom stereocenters. The van der Waals surface area contributed by atoms with Gasteiger partial charge in [-0.1, -0.05) is 23.2 Å². The summed E-state index contributed by atoms with van der Waals surface area (Å²) in [6.07, 6.45) is 0. The van der Waals surface area contributed by atoms with E-state index in [0.717, 1.165) is 21.7 Å². The molecule has 5 nitrogen and oxygen atoms in total. The third-order valence-corrected chi connectivity index (χ3v) is 6.52. The minimum absolute atomic E-state index is 0.0236. The molecule has 2 aromatic rings.